The number of hydrogen-bond donors (Lipinski definition) is 2. The number of carbonyl (C=O) groups is 1. The number of aliphatic hydroxyl groups is 1. The highest BCUT2D eigenvalue weighted by molar-refractivity contribution is 5.76. The summed E-state index contributed by atoms with van der Waals surface area (Å²) in [4.78, 5) is 11.8. The van der Waals surface area contributed by atoms with Crippen LogP contribution in [-0.4, -0.2) is 29.8 Å². The summed E-state index contributed by atoms with van der Waals surface area (Å²) in [6.07, 6.45) is 1.85. The second-order valence-electron chi connectivity index (χ2n) is 5.84. The number of aryl methyl sites for hydroxylation is 2. The molecule has 0 radical (unpaired) electrons. The van der Waals surface area contributed by atoms with Crippen molar-refractivity contribution >= 4 is 5.91 Å². The summed E-state index contributed by atoms with van der Waals surface area (Å²) in [6.45, 7) is 8.35. The van der Waals surface area contributed by atoms with Gasteiger partial charge in [-0.2, -0.15) is 0 Å². The Morgan fingerprint density at radius 2 is 1.95 bits per heavy atom. The largest absolute Gasteiger partial charge is 0.493 e. The van der Waals surface area contributed by atoms with E-state index in [0.29, 0.717) is 13.0 Å². The molecule has 1 atom stereocenters. The van der Waals surface area contributed by atoms with Crippen LogP contribution in [0.15, 0.2) is 18.2 Å². The number of carbonyl (C=O) groups excluding carboxylic acids is 1. The summed E-state index contributed by atoms with van der Waals surface area (Å²) in [5.74, 6) is 0.751. The van der Waals surface area contributed by atoms with Crippen molar-refractivity contribution in [1.29, 1.82) is 0 Å². The quantitative estimate of drug-likeness (QED) is 0.775. The minimum atomic E-state index is -0.835. The van der Waals surface area contributed by atoms with Crippen LogP contribution in [0.4, 0.5) is 0 Å². The lowest BCUT2D eigenvalue weighted by atomic mass is 10.0. The maximum absolute atomic E-state index is 11.8. The van der Waals surface area contributed by atoms with Crippen molar-refractivity contribution in [3.05, 3.63) is 29.3 Å². The standard InChI is InChI=1S/C17H27NO3/c1-5-10-17(4,20)12-18-15(19)9-11-21-16-13(2)7-6-8-14(16)3/h6-8,20H,5,9-12H2,1-4H3,(H,18,19). The lowest BCUT2D eigenvalue weighted by molar-refractivity contribution is -0.122. The summed E-state index contributed by atoms with van der Waals surface area (Å²) in [5, 5.41) is 12.7. The Kier molecular flexibility index (Phi) is 6.69. The predicted octanol–water partition coefficient (Wildman–Crippen LogP) is 2.74. The Balaban J connectivity index is 2.34. The first-order chi connectivity index (χ1) is 9.85. The van der Waals surface area contributed by atoms with Crippen LogP contribution in [0.5, 0.6) is 5.75 Å². The van der Waals surface area contributed by atoms with Gasteiger partial charge in [0.15, 0.2) is 0 Å². The van der Waals surface area contributed by atoms with Gasteiger partial charge in [-0.05, 0) is 38.3 Å². The third kappa shape index (κ3) is 6.17. The van der Waals surface area contributed by atoms with Gasteiger partial charge in [-0.3, -0.25) is 4.79 Å². The molecule has 2 N–H and O–H groups in total. The summed E-state index contributed by atoms with van der Waals surface area (Å²) in [5.41, 5.74) is 1.31. The van der Waals surface area contributed by atoms with Crippen LogP contribution in [0.3, 0.4) is 0 Å². The van der Waals surface area contributed by atoms with Crippen molar-refractivity contribution in [2.75, 3.05) is 13.2 Å². The van der Waals surface area contributed by atoms with Crippen LogP contribution in [0.2, 0.25) is 0 Å². The van der Waals surface area contributed by atoms with Gasteiger partial charge in [0.05, 0.1) is 18.6 Å². The monoisotopic (exact) mass is 293 g/mol. The SMILES string of the molecule is CCCC(C)(O)CNC(=O)CCOc1c(C)cccc1C. The molecule has 4 heteroatoms. The van der Waals surface area contributed by atoms with Crippen molar-refractivity contribution in [2.24, 2.45) is 0 Å². The van der Waals surface area contributed by atoms with E-state index in [1.54, 1.807) is 6.92 Å². The van der Waals surface area contributed by atoms with E-state index in [2.05, 4.69) is 5.32 Å². The van der Waals surface area contributed by atoms with E-state index in [4.69, 9.17) is 4.74 Å². The smallest absolute Gasteiger partial charge is 0.223 e. The molecule has 1 rings (SSSR count). The van der Waals surface area contributed by atoms with Gasteiger partial charge in [-0.15, -0.1) is 0 Å². The average Bonchev–Trinajstić information content (AvgIpc) is 2.40. The van der Waals surface area contributed by atoms with E-state index in [0.717, 1.165) is 23.3 Å². The highest BCUT2D eigenvalue weighted by Gasteiger charge is 2.19. The fourth-order valence-corrected chi connectivity index (χ4v) is 2.28. The molecule has 0 fully saturated rings. The summed E-state index contributed by atoms with van der Waals surface area (Å²) in [6, 6.07) is 5.97. The molecule has 0 aromatic heterocycles. The molecule has 0 aliphatic heterocycles. The molecular weight excluding hydrogens is 266 g/mol. The highest BCUT2D eigenvalue weighted by atomic mass is 16.5. The van der Waals surface area contributed by atoms with Gasteiger partial charge >= 0.3 is 0 Å². The molecule has 4 nitrogen and oxygen atoms in total. The van der Waals surface area contributed by atoms with E-state index in [9.17, 15) is 9.90 Å². The van der Waals surface area contributed by atoms with Gasteiger partial charge in [0.2, 0.25) is 5.91 Å². The summed E-state index contributed by atoms with van der Waals surface area (Å²) < 4.78 is 5.69. The average molecular weight is 293 g/mol. The third-order valence-electron chi connectivity index (χ3n) is 3.44. The van der Waals surface area contributed by atoms with Crippen LogP contribution in [0.1, 0.15) is 44.2 Å². The fourth-order valence-electron chi connectivity index (χ4n) is 2.28. The lowest BCUT2D eigenvalue weighted by Crippen LogP contribution is -2.40. The molecule has 0 spiro atoms. The predicted molar refractivity (Wildman–Crippen MR) is 84.6 cm³/mol. The Bertz CT molecular complexity index is 449. The fraction of sp³-hybridized carbons (Fsp3) is 0.588. The zero-order chi connectivity index (χ0) is 15.9. The number of amides is 1. The maximum Gasteiger partial charge on any atom is 0.223 e. The Morgan fingerprint density at radius 3 is 2.52 bits per heavy atom. The molecule has 0 saturated carbocycles. The molecule has 1 aromatic carbocycles. The molecule has 21 heavy (non-hydrogen) atoms. The number of para-hydroxylation sites is 1. The first-order valence-electron chi connectivity index (χ1n) is 7.54. The summed E-state index contributed by atoms with van der Waals surface area (Å²) in [7, 11) is 0. The van der Waals surface area contributed by atoms with Crippen LogP contribution in [0.25, 0.3) is 0 Å². The lowest BCUT2D eigenvalue weighted by Gasteiger charge is -2.22. The highest BCUT2D eigenvalue weighted by Crippen LogP contribution is 2.22. The van der Waals surface area contributed by atoms with Crippen LogP contribution >= 0.6 is 0 Å². The van der Waals surface area contributed by atoms with E-state index >= 15 is 0 Å². The second-order valence-corrected chi connectivity index (χ2v) is 5.84. The first kappa shape index (κ1) is 17.5. The summed E-state index contributed by atoms with van der Waals surface area (Å²) >= 11 is 0. The molecule has 0 heterocycles. The molecule has 0 bridgehead atoms. The van der Waals surface area contributed by atoms with Gasteiger partial charge in [-0.25, -0.2) is 0 Å². The number of hydrogen-bond acceptors (Lipinski definition) is 3. The van der Waals surface area contributed by atoms with Crippen molar-refractivity contribution < 1.29 is 14.6 Å². The Morgan fingerprint density at radius 1 is 1.33 bits per heavy atom. The molecule has 118 valence electrons. The molecule has 1 amide bonds. The molecule has 1 aromatic rings. The van der Waals surface area contributed by atoms with Gasteiger partial charge < -0.3 is 15.2 Å². The zero-order valence-corrected chi connectivity index (χ0v) is 13.5. The molecule has 0 saturated heterocycles. The number of rotatable bonds is 8. The third-order valence-corrected chi connectivity index (χ3v) is 3.44. The first-order valence-corrected chi connectivity index (χ1v) is 7.54. The van der Waals surface area contributed by atoms with Crippen molar-refractivity contribution in [1.82, 2.24) is 5.32 Å². The Labute approximate surface area is 127 Å². The van der Waals surface area contributed by atoms with E-state index in [1.807, 2.05) is 39.0 Å². The van der Waals surface area contributed by atoms with Gasteiger partial charge in [0, 0.05) is 6.54 Å². The van der Waals surface area contributed by atoms with Crippen molar-refractivity contribution in [3.8, 4) is 5.75 Å². The molecule has 1 unspecified atom stereocenters. The number of ether oxygens (including phenoxy) is 1. The molecule has 0 aliphatic rings. The maximum atomic E-state index is 11.8. The Hall–Kier alpha value is -1.55. The minimum absolute atomic E-state index is 0.0994. The van der Waals surface area contributed by atoms with Gasteiger partial charge in [0.25, 0.3) is 0 Å². The van der Waals surface area contributed by atoms with Gasteiger partial charge in [0.1, 0.15) is 5.75 Å². The topological polar surface area (TPSA) is 58.6 Å². The molecular formula is C17H27NO3. The molecule has 0 aliphatic carbocycles. The van der Waals surface area contributed by atoms with Crippen LogP contribution in [-0.2, 0) is 4.79 Å². The second kappa shape index (κ2) is 8.03. The van der Waals surface area contributed by atoms with Crippen LogP contribution in [0, 0.1) is 13.8 Å². The number of benzene rings is 1. The van der Waals surface area contributed by atoms with Crippen molar-refractivity contribution in [2.45, 2.75) is 52.6 Å². The van der Waals surface area contributed by atoms with Crippen LogP contribution < -0.4 is 10.1 Å². The van der Waals surface area contributed by atoms with E-state index in [-0.39, 0.29) is 18.9 Å². The number of nitrogens with one attached hydrogen (secondary N) is 1. The van der Waals surface area contributed by atoms with Crippen molar-refractivity contribution in [3.63, 3.8) is 0 Å². The normalized spacial score (nSPS) is 13.6. The zero-order valence-electron chi connectivity index (χ0n) is 13.5. The van der Waals surface area contributed by atoms with E-state index in [1.165, 1.54) is 0 Å². The van der Waals surface area contributed by atoms with Gasteiger partial charge in [-0.1, -0.05) is 31.5 Å². The minimum Gasteiger partial charge on any atom is -0.493 e. The van der Waals surface area contributed by atoms with E-state index < -0.39 is 5.60 Å².